The van der Waals surface area contributed by atoms with Gasteiger partial charge in [-0.2, -0.15) is 0 Å². The van der Waals surface area contributed by atoms with Crippen molar-refractivity contribution in [1.29, 1.82) is 0 Å². The van der Waals surface area contributed by atoms with Crippen LogP contribution in [0.1, 0.15) is 23.2 Å². The molecule has 0 aromatic heterocycles. The number of hydrogen-bond acceptors (Lipinski definition) is 2. The minimum atomic E-state index is -0.331. The van der Waals surface area contributed by atoms with Gasteiger partial charge in [-0.25, -0.2) is 0 Å². The Hall–Kier alpha value is -2.04. The SMILES string of the molecule is O=C(Nc1ccc(N2CCCC2=O)cc1)c1cccc(Cl)c1Cl. The van der Waals surface area contributed by atoms with Crippen LogP contribution in [-0.2, 0) is 4.79 Å². The summed E-state index contributed by atoms with van der Waals surface area (Å²) in [6.07, 6.45) is 1.47. The lowest BCUT2D eigenvalue weighted by Crippen LogP contribution is -2.23. The van der Waals surface area contributed by atoms with Crippen molar-refractivity contribution in [3.8, 4) is 0 Å². The Kier molecular flexibility index (Phi) is 4.55. The Morgan fingerprint density at radius 1 is 1.09 bits per heavy atom. The molecule has 4 nitrogen and oxygen atoms in total. The molecule has 0 atom stereocenters. The number of nitrogens with zero attached hydrogens (tertiary/aromatic N) is 1. The normalized spacial score (nSPS) is 14.2. The van der Waals surface area contributed by atoms with E-state index in [-0.39, 0.29) is 16.8 Å². The maximum atomic E-state index is 12.3. The highest BCUT2D eigenvalue weighted by Gasteiger charge is 2.21. The van der Waals surface area contributed by atoms with Crippen LogP contribution in [0.5, 0.6) is 0 Å². The first kappa shape index (κ1) is 15.8. The fourth-order valence-corrected chi connectivity index (χ4v) is 2.91. The number of nitrogens with one attached hydrogen (secondary N) is 1. The molecule has 23 heavy (non-hydrogen) atoms. The first-order valence-corrected chi connectivity index (χ1v) is 7.97. The van der Waals surface area contributed by atoms with Gasteiger partial charge in [-0.1, -0.05) is 29.3 Å². The summed E-state index contributed by atoms with van der Waals surface area (Å²) < 4.78 is 0. The summed E-state index contributed by atoms with van der Waals surface area (Å²) in [5.74, 6) is -0.199. The lowest BCUT2D eigenvalue weighted by Gasteiger charge is -2.16. The fourth-order valence-electron chi connectivity index (χ4n) is 2.52. The van der Waals surface area contributed by atoms with Crippen molar-refractivity contribution < 1.29 is 9.59 Å². The second-order valence-electron chi connectivity index (χ2n) is 5.25. The van der Waals surface area contributed by atoms with Crippen LogP contribution in [0.3, 0.4) is 0 Å². The molecule has 0 spiro atoms. The predicted octanol–water partition coefficient (Wildman–Crippen LogP) is 4.37. The van der Waals surface area contributed by atoms with Gasteiger partial charge >= 0.3 is 0 Å². The largest absolute Gasteiger partial charge is 0.322 e. The van der Waals surface area contributed by atoms with Gasteiger partial charge in [0.05, 0.1) is 15.6 Å². The van der Waals surface area contributed by atoms with E-state index in [4.69, 9.17) is 23.2 Å². The number of hydrogen-bond donors (Lipinski definition) is 1. The van der Waals surface area contributed by atoms with Gasteiger partial charge in [-0.15, -0.1) is 0 Å². The van der Waals surface area contributed by atoms with Gasteiger partial charge < -0.3 is 10.2 Å². The monoisotopic (exact) mass is 348 g/mol. The van der Waals surface area contributed by atoms with Crippen LogP contribution in [0.4, 0.5) is 11.4 Å². The first-order chi connectivity index (χ1) is 11.1. The van der Waals surface area contributed by atoms with Crippen molar-refractivity contribution in [1.82, 2.24) is 0 Å². The standard InChI is InChI=1S/C17H14Cl2N2O2/c18-14-4-1-3-13(16(14)19)17(23)20-11-6-8-12(9-7-11)21-10-2-5-15(21)22/h1,3-4,6-9H,2,5,10H2,(H,20,23). The quantitative estimate of drug-likeness (QED) is 0.894. The number of carbonyl (C=O) groups is 2. The molecule has 0 aliphatic carbocycles. The van der Waals surface area contributed by atoms with E-state index < -0.39 is 0 Å². The molecule has 0 unspecified atom stereocenters. The van der Waals surface area contributed by atoms with Crippen molar-refractivity contribution in [2.75, 3.05) is 16.8 Å². The van der Waals surface area contributed by atoms with E-state index in [1.165, 1.54) is 0 Å². The molecule has 0 saturated carbocycles. The zero-order valence-corrected chi connectivity index (χ0v) is 13.7. The van der Waals surface area contributed by atoms with Crippen LogP contribution in [0.15, 0.2) is 42.5 Å². The van der Waals surface area contributed by atoms with Gasteiger partial charge in [0.1, 0.15) is 0 Å². The Balaban J connectivity index is 1.74. The zero-order valence-electron chi connectivity index (χ0n) is 12.2. The highest BCUT2D eigenvalue weighted by Crippen LogP contribution is 2.27. The number of anilines is 2. The molecule has 6 heteroatoms. The number of benzene rings is 2. The molecule has 2 aromatic carbocycles. The smallest absolute Gasteiger partial charge is 0.257 e. The number of halogens is 2. The van der Waals surface area contributed by atoms with Gasteiger partial charge in [-0.3, -0.25) is 9.59 Å². The van der Waals surface area contributed by atoms with E-state index in [1.807, 2.05) is 12.1 Å². The highest BCUT2D eigenvalue weighted by atomic mass is 35.5. The molecule has 3 rings (SSSR count). The number of amides is 2. The van der Waals surface area contributed by atoms with Crippen LogP contribution >= 0.6 is 23.2 Å². The maximum Gasteiger partial charge on any atom is 0.257 e. The van der Waals surface area contributed by atoms with Crippen molar-refractivity contribution >= 4 is 46.4 Å². The van der Waals surface area contributed by atoms with Crippen molar-refractivity contribution in [3.05, 3.63) is 58.1 Å². The van der Waals surface area contributed by atoms with Gasteiger partial charge in [0.25, 0.3) is 5.91 Å². The molecular formula is C17H14Cl2N2O2. The van der Waals surface area contributed by atoms with Crippen LogP contribution in [0.2, 0.25) is 10.0 Å². The van der Waals surface area contributed by atoms with E-state index in [9.17, 15) is 9.59 Å². The Labute approximate surface area is 144 Å². The summed E-state index contributed by atoms with van der Waals surface area (Å²) >= 11 is 12.0. The minimum Gasteiger partial charge on any atom is -0.322 e. The first-order valence-electron chi connectivity index (χ1n) is 7.22. The van der Waals surface area contributed by atoms with Crippen LogP contribution < -0.4 is 10.2 Å². The van der Waals surface area contributed by atoms with Crippen molar-refractivity contribution in [3.63, 3.8) is 0 Å². The summed E-state index contributed by atoms with van der Waals surface area (Å²) in [4.78, 5) is 25.7. The molecule has 0 bridgehead atoms. The maximum absolute atomic E-state index is 12.3. The molecule has 118 valence electrons. The summed E-state index contributed by atoms with van der Waals surface area (Å²) in [6.45, 7) is 0.739. The summed E-state index contributed by atoms with van der Waals surface area (Å²) in [5.41, 5.74) is 1.78. The molecule has 1 saturated heterocycles. The summed E-state index contributed by atoms with van der Waals surface area (Å²) in [6, 6.07) is 12.1. The van der Waals surface area contributed by atoms with E-state index in [0.717, 1.165) is 18.7 Å². The van der Waals surface area contributed by atoms with Crippen LogP contribution in [0, 0.1) is 0 Å². The van der Waals surface area contributed by atoms with E-state index in [0.29, 0.717) is 22.7 Å². The van der Waals surface area contributed by atoms with E-state index in [1.54, 1.807) is 35.2 Å². The highest BCUT2D eigenvalue weighted by molar-refractivity contribution is 6.44. The second kappa shape index (κ2) is 6.60. The Morgan fingerprint density at radius 2 is 1.83 bits per heavy atom. The third-order valence-corrected chi connectivity index (χ3v) is 4.53. The Morgan fingerprint density at radius 3 is 2.48 bits per heavy atom. The molecule has 1 aliphatic rings. The lowest BCUT2D eigenvalue weighted by molar-refractivity contribution is -0.117. The third-order valence-electron chi connectivity index (χ3n) is 3.71. The van der Waals surface area contributed by atoms with E-state index >= 15 is 0 Å². The second-order valence-corrected chi connectivity index (χ2v) is 6.04. The summed E-state index contributed by atoms with van der Waals surface area (Å²) in [7, 11) is 0. The van der Waals surface area contributed by atoms with Crippen LogP contribution in [-0.4, -0.2) is 18.4 Å². The topological polar surface area (TPSA) is 49.4 Å². The predicted molar refractivity (Wildman–Crippen MR) is 92.4 cm³/mol. The van der Waals surface area contributed by atoms with E-state index in [2.05, 4.69) is 5.32 Å². The molecular weight excluding hydrogens is 335 g/mol. The molecule has 1 N–H and O–H groups in total. The molecule has 1 aliphatic heterocycles. The van der Waals surface area contributed by atoms with Crippen molar-refractivity contribution in [2.45, 2.75) is 12.8 Å². The zero-order chi connectivity index (χ0) is 16.4. The Bertz CT molecular complexity index is 760. The average molecular weight is 349 g/mol. The molecule has 2 amide bonds. The average Bonchev–Trinajstić information content (AvgIpc) is 2.97. The van der Waals surface area contributed by atoms with Crippen molar-refractivity contribution in [2.24, 2.45) is 0 Å². The third kappa shape index (κ3) is 3.33. The lowest BCUT2D eigenvalue weighted by atomic mass is 10.2. The minimum absolute atomic E-state index is 0.132. The fraction of sp³-hybridized carbons (Fsp3) is 0.176. The molecule has 1 fully saturated rings. The molecule has 2 aromatic rings. The van der Waals surface area contributed by atoms with Gasteiger partial charge in [0, 0.05) is 24.3 Å². The molecule has 1 heterocycles. The van der Waals surface area contributed by atoms with Gasteiger partial charge in [0.15, 0.2) is 0 Å². The van der Waals surface area contributed by atoms with Crippen LogP contribution in [0.25, 0.3) is 0 Å². The van der Waals surface area contributed by atoms with Gasteiger partial charge in [0.2, 0.25) is 5.91 Å². The molecule has 0 radical (unpaired) electrons. The van der Waals surface area contributed by atoms with Gasteiger partial charge in [-0.05, 0) is 42.8 Å². The number of rotatable bonds is 3. The number of carbonyl (C=O) groups excluding carboxylic acids is 2. The summed E-state index contributed by atoms with van der Waals surface area (Å²) in [5, 5.41) is 3.33.